The molecule has 2 aromatic rings. The Morgan fingerprint density at radius 3 is 2.65 bits per heavy atom. The number of anilines is 1. The summed E-state index contributed by atoms with van der Waals surface area (Å²) in [4.78, 5) is -0.473. The van der Waals surface area contributed by atoms with Gasteiger partial charge in [0, 0.05) is 17.3 Å². The maximum absolute atomic E-state index is 13.6. The van der Waals surface area contributed by atoms with Crippen molar-refractivity contribution in [3.05, 3.63) is 58.9 Å². The number of hydrogen-bond acceptors (Lipinski definition) is 3. The summed E-state index contributed by atoms with van der Waals surface area (Å²) >= 11 is 5.80. The Labute approximate surface area is 121 Å². The fraction of sp³-hybridized carbons (Fsp3) is 0.0769. The van der Waals surface area contributed by atoms with Crippen molar-refractivity contribution in [1.82, 2.24) is 4.72 Å². The van der Waals surface area contributed by atoms with Crippen LogP contribution in [0.25, 0.3) is 0 Å². The number of sulfonamides is 1. The van der Waals surface area contributed by atoms with E-state index >= 15 is 0 Å². The Balaban J connectivity index is 2.21. The van der Waals surface area contributed by atoms with Gasteiger partial charge in [-0.25, -0.2) is 17.5 Å². The van der Waals surface area contributed by atoms with Crippen LogP contribution < -0.4 is 10.5 Å². The van der Waals surface area contributed by atoms with Gasteiger partial charge in [-0.15, -0.1) is 0 Å². The predicted molar refractivity (Wildman–Crippen MR) is 76.3 cm³/mol. The largest absolute Gasteiger partial charge is 0.399 e. The lowest BCUT2D eigenvalue weighted by molar-refractivity contribution is 0.557. The number of hydrogen-bond donors (Lipinski definition) is 2. The molecule has 0 amide bonds. The number of nitrogens with one attached hydrogen (secondary N) is 1. The smallest absolute Gasteiger partial charge is 0.243 e. The van der Waals surface area contributed by atoms with Crippen LogP contribution in [-0.2, 0) is 16.6 Å². The Morgan fingerprint density at radius 1 is 1.20 bits per heavy atom. The Kier molecular flexibility index (Phi) is 4.27. The highest BCUT2D eigenvalue weighted by molar-refractivity contribution is 7.89. The van der Waals surface area contributed by atoms with Gasteiger partial charge in [0.1, 0.15) is 10.7 Å². The van der Waals surface area contributed by atoms with Crippen molar-refractivity contribution < 1.29 is 12.8 Å². The molecule has 0 bridgehead atoms. The van der Waals surface area contributed by atoms with Crippen LogP contribution in [0.1, 0.15) is 5.56 Å². The van der Waals surface area contributed by atoms with Gasteiger partial charge in [0.05, 0.1) is 0 Å². The average molecular weight is 315 g/mol. The summed E-state index contributed by atoms with van der Waals surface area (Å²) in [7, 11) is -3.97. The van der Waals surface area contributed by atoms with Gasteiger partial charge in [0.25, 0.3) is 0 Å². The van der Waals surface area contributed by atoms with E-state index in [0.717, 1.165) is 12.1 Å². The first-order chi connectivity index (χ1) is 9.38. The van der Waals surface area contributed by atoms with Gasteiger partial charge in [-0.05, 0) is 35.9 Å². The minimum absolute atomic E-state index is 0.0110. The summed E-state index contributed by atoms with van der Waals surface area (Å²) in [6.07, 6.45) is 0. The van der Waals surface area contributed by atoms with Crippen LogP contribution in [0.15, 0.2) is 47.4 Å². The van der Waals surface area contributed by atoms with E-state index in [1.54, 1.807) is 24.3 Å². The Morgan fingerprint density at radius 2 is 1.95 bits per heavy atom. The van der Waals surface area contributed by atoms with Crippen LogP contribution >= 0.6 is 11.6 Å². The van der Waals surface area contributed by atoms with E-state index in [9.17, 15) is 12.8 Å². The van der Waals surface area contributed by atoms with Gasteiger partial charge >= 0.3 is 0 Å². The van der Waals surface area contributed by atoms with Crippen molar-refractivity contribution in [2.45, 2.75) is 11.4 Å². The number of nitrogens with two attached hydrogens (primary N) is 1. The molecule has 0 aromatic heterocycles. The second-order valence-corrected chi connectivity index (χ2v) is 6.32. The minimum Gasteiger partial charge on any atom is -0.399 e. The van der Waals surface area contributed by atoms with Crippen LogP contribution in [0, 0.1) is 5.82 Å². The van der Waals surface area contributed by atoms with Crippen LogP contribution in [0.3, 0.4) is 0 Å². The summed E-state index contributed by atoms with van der Waals surface area (Å²) in [6, 6.07) is 10.1. The highest BCUT2D eigenvalue weighted by atomic mass is 35.5. The first-order valence-electron chi connectivity index (χ1n) is 5.67. The van der Waals surface area contributed by atoms with Gasteiger partial charge in [0.15, 0.2) is 0 Å². The molecule has 0 saturated heterocycles. The van der Waals surface area contributed by atoms with Crippen LogP contribution in [-0.4, -0.2) is 8.42 Å². The molecule has 0 aliphatic rings. The molecule has 2 aromatic carbocycles. The van der Waals surface area contributed by atoms with Crippen LogP contribution in [0.5, 0.6) is 0 Å². The van der Waals surface area contributed by atoms with E-state index in [2.05, 4.69) is 4.72 Å². The van der Waals surface area contributed by atoms with Crippen molar-refractivity contribution in [2.24, 2.45) is 0 Å². The molecule has 0 radical (unpaired) electrons. The molecule has 20 heavy (non-hydrogen) atoms. The number of benzene rings is 2. The second-order valence-electron chi connectivity index (χ2n) is 4.14. The highest BCUT2D eigenvalue weighted by Gasteiger charge is 2.19. The van der Waals surface area contributed by atoms with Gasteiger partial charge < -0.3 is 5.73 Å². The molecule has 0 aliphatic heterocycles. The summed E-state index contributed by atoms with van der Waals surface area (Å²) in [6.45, 7) is 0.0110. The van der Waals surface area contributed by atoms with Gasteiger partial charge in [0.2, 0.25) is 10.0 Å². The molecule has 2 rings (SSSR count). The maximum Gasteiger partial charge on any atom is 0.243 e. The zero-order chi connectivity index (χ0) is 14.8. The van der Waals surface area contributed by atoms with Crippen molar-refractivity contribution in [2.75, 3.05) is 5.73 Å². The number of rotatable bonds is 4. The molecule has 0 saturated carbocycles. The van der Waals surface area contributed by atoms with Crippen molar-refractivity contribution in [1.29, 1.82) is 0 Å². The summed E-state index contributed by atoms with van der Waals surface area (Å²) < 4.78 is 39.9. The molecule has 0 unspecified atom stereocenters. The van der Waals surface area contributed by atoms with Crippen molar-refractivity contribution in [3.63, 3.8) is 0 Å². The number of halogens is 2. The van der Waals surface area contributed by atoms with Gasteiger partial charge in [-0.2, -0.15) is 0 Å². The third-order valence-corrected chi connectivity index (χ3v) is 4.25. The molecule has 106 valence electrons. The normalized spacial score (nSPS) is 11.5. The molecule has 0 aliphatic carbocycles. The standard InChI is InChI=1S/C13H12ClFN2O2S/c14-10-3-1-2-9(6-10)8-17-20(18,19)13-7-11(16)4-5-12(13)15/h1-7,17H,8,16H2. The molecular formula is C13H12ClFN2O2S. The molecule has 4 nitrogen and oxygen atoms in total. The highest BCUT2D eigenvalue weighted by Crippen LogP contribution is 2.18. The zero-order valence-corrected chi connectivity index (χ0v) is 11.9. The van der Waals surface area contributed by atoms with Crippen LogP contribution in [0.2, 0.25) is 5.02 Å². The SMILES string of the molecule is Nc1ccc(F)c(S(=O)(=O)NCc2cccc(Cl)c2)c1. The Hall–Kier alpha value is -1.63. The number of nitrogen functional groups attached to an aromatic ring is 1. The molecule has 0 spiro atoms. The van der Waals surface area contributed by atoms with Crippen LogP contribution in [0.4, 0.5) is 10.1 Å². The second kappa shape index (κ2) is 5.78. The van der Waals surface area contributed by atoms with E-state index in [4.69, 9.17) is 17.3 Å². The van der Waals surface area contributed by atoms with Gasteiger partial charge in [-0.1, -0.05) is 23.7 Å². The van der Waals surface area contributed by atoms with E-state index in [1.807, 2.05) is 0 Å². The van der Waals surface area contributed by atoms with Crippen molar-refractivity contribution >= 4 is 27.3 Å². The maximum atomic E-state index is 13.6. The summed E-state index contributed by atoms with van der Waals surface area (Å²) in [5.41, 5.74) is 6.32. The fourth-order valence-electron chi connectivity index (χ4n) is 1.63. The lowest BCUT2D eigenvalue weighted by Crippen LogP contribution is -2.24. The predicted octanol–water partition coefficient (Wildman–Crippen LogP) is 2.54. The van der Waals surface area contributed by atoms with E-state index in [-0.39, 0.29) is 12.2 Å². The first kappa shape index (κ1) is 14.8. The molecule has 0 atom stereocenters. The lowest BCUT2D eigenvalue weighted by Gasteiger charge is -2.08. The molecule has 0 heterocycles. The third-order valence-electron chi connectivity index (χ3n) is 2.60. The summed E-state index contributed by atoms with van der Waals surface area (Å²) in [5.74, 6) is -0.849. The van der Waals surface area contributed by atoms with Crippen molar-refractivity contribution in [3.8, 4) is 0 Å². The van der Waals surface area contributed by atoms with Gasteiger partial charge in [-0.3, -0.25) is 0 Å². The molecule has 3 N–H and O–H groups in total. The van der Waals surface area contributed by atoms with E-state index in [0.29, 0.717) is 10.6 Å². The molecular weight excluding hydrogens is 303 g/mol. The molecule has 0 fully saturated rings. The monoisotopic (exact) mass is 314 g/mol. The fourth-order valence-corrected chi connectivity index (χ4v) is 2.97. The quantitative estimate of drug-likeness (QED) is 0.852. The minimum atomic E-state index is -3.97. The zero-order valence-electron chi connectivity index (χ0n) is 10.3. The average Bonchev–Trinajstić information content (AvgIpc) is 2.39. The van der Waals surface area contributed by atoms with E-state index in [1.165, 1.54) is 6.07 Å². The Bertz CT molecular complexity index is 735. The topological polar surface area (TPSA) is 72.2 Å². The third kappa shape index (κ3) is 3.47. The lowest BCUT2D eigenvalue weighted by atomic mass is 10.2. The first-order valence-corrected chi connectivity index (χ1v) is 7.54. The summed E-state index contributed by atoms with van der Waals surface area (Å²) in [5, 5.41) is 0.497. The molecule has 7 heteroatoms. The van der Waals surface area contributed by atoms with E-state index < -0.39 is 20.7 Å².